The summed E-state index contributed by atoms with van der Waals surface area (Å²) in [4.78, 5) is 0. The zero-order valence-corrected chi connectivity index (χ0v) is 11.6. The van der Waals surface area contributed by atoms with E-state index < -0.39 is 16.1 Å². The lowest BCUT2D eigenvalue weighted by Gasteiger charge is -2.17. The molecular weight excluding hydrogens is 266 g/mol. The third kappa shape index (κ3) is 5.37. The third-order valence-electron chi connectivity index (χ3n) is 2.50. The number of hydrogen-bond donors (Lipinski definition) is 3. The number of ether oxygens (including phenoxy) is 1. The molecule has 0 radical (unpaired) electrons. The van der Waals surface area contributed by atoms with Gasteiger partial charge in [-0.3, -0.25) is 5.41 Å². The van der Waals surface area contributed by atoms with Gasteiger partial charge in [-0.15, -0.1) is 0 Å². The predicted molar refractivity (Wildman–Crippen MR) is 74.5 cm³/mol. The number of benzene rings is 1. The molecule has 0 aliphatic carbocycles. The molecule has 0 aliphatic heterocycles. The number of nitrogens with one attached hydrogen (secondary N) is 2. The molecule has 0 fully saturated rings. The number of nitrogens with two attached hydrogens (primary N) is 1. The molecule has 0 heterocycles. The Balaban J connectivity index is 2.77. The van der Waals surface area contributed by atoms with Crippen LogP contribution >= 0.6 is 0 Å². The Morgan fingerprint density at radius 1 is 1.42 bits per heavy atom. The van der Waals surface area contributed by atoms with Crippen molar-refractivity contribution in [3.05, 3.63) is 35.9 Å². The lowest BCUT2D eigenvalue weighted by atomic mass is 10.1. The first-order chi connectivity index (χ1) is 8.96. The van der Waals surface area contributed by atoms with Crippen LogP contribution in [0.5, 0.6) is 0 Å². The van der Waals surface area contributed by atoms with Gasteiger partial charge in [-0.05, 0) is 12.0 Å². The number of methoxy groups -OCH3 is 1. The van der Waals surface area contributed by atoms with Crippen molar-refractivity contribution in [2.24, 2.45) is 5.73 Å². The van der Waals surface area contributed by atoms with Crippen molar-refractivity contribution in [3.8, 4) is 0 Å². The second kappa shape index (κ2) is 7.22. The van der Waals surface area contributed by atoms with Crippen LogP contribution in [0.3, 0.4) is 0 Å². The minimum absolute atomic E-state index is 0.0581. The zero-order valence-electron chi connectivity index (χ0n) is 10.8. The van der Waals surface area contributed by atoms with Gasteiger partial charge in [-0.1, -0.05) is 30.3 Å². The zero-order chi connectivity index (χ0) is 14.3. The van der Waals surface area contributed by atoms with E-state index in [0.29, 0.717) is 18.6 Å². The molecule has 1 unspecified atom stereocenters. The Labute approximate surface area is 113 Å². The van der Waals surface area contributed by atoms with Crippen LogP contribution in [0.1, 0.15) is 18.0 Å². The van der Waals surface area contributed by atoms with E-state index in [2.05, 4.69) is 4.72 Å². The molecule has 106 valence electrons. The van der Waals surface area contributed by atoms with E-state index in [0.717, 1.165) is 0 Å². The molecule has 0 aromatic heterocycles. The second-order valence-corrected chi connectivity index (χ2v) is 5.96. The van der Waals surface area contributed by atoms with Crippen molar-refractivity contribution < 1.29 is 13.2 Å². The first kappa shape index (κ1) is 15.6. The monoisotopic (exact) mass is 285 g/mol. The Hall–Kier alpha value is -1.44. The van der Waals surface area contributed by atoms with Crippen molar-refractivity contribution in [3.63, 3.8) is 0 Å². The smallest absolute Gasteiger partial charge is 0.212 e. The van der Waals surface area contributed by atoms with Gasteiger partial charge in [0.25, 0.3) is 0 Å². The second-order valence-electron chi connectivity index (χ2n) is 4.08. The van der Waals surface area contributed by atoms with Crippen LogP contribution in [0.2, 0.25) is 0 Å². The number of sulfonamides is 1. The summed E-state index contributed by atoms with van der Waals surface area (Å²) in [6.07, 6.45) is 0.394. The highest BCUT2D eigenvalue weighted by Crippen LogP contribution is 2.13. The molecule has 6 nitrogen and oxygen atoms in total. The van der Waals surface area contributed by atoms with Crippen molar-refractivity contribution in [2.45, 2.75) is 12.5 Å². The highest BCUT2D eigenvalue weighted by Gasteiger charge is 2.21. The van der Waals surface area contributed by atoms with Crippen LogP contribution in [0.15, 0.2) is 30.3 Å². The number of amidine groups is 1. The standard InChI is InChI=1S/C12H19N3O3S/c1-18-8-5-9-19(16,17)15-11(12(13)14)10-6-3-2-4-7-10/h2-4,6-7,11,15H,5,8-9H2,1H3,(H3,13,14). The fourth-order valence-electron chi connectivity index (χ4n) is 1.59. The van der Waals surface area contributed by atoms with Crippen molar-refractivity contribution in [2.75, 3.05) is 19.5 Å². The van der Waals surface area contributed by atoms with Gasteiger partial charge in [0.2, 0.25) is 10.0 Å². The third-order valence-corrected chi connectivity index (χ3v) is 3.92. The van der Waals surface area contributed by atoms with Gasteiger partial charge in [0.05, 0.1) is 5.75 Å². The van der Waals surface area contributed by atoms with Gasteiger partial charge in [0.1, 0.15) is 11.9 Å². The Bertz CT molecular complexity index is 502. The summed E-state index contributed by atoms with van der Waals surface area (Å²) in [5.41, 5.74) is 6.11. The van der Waals surface area contributed by atoms with Gasteiger partial charge >= 0.3 is 0 Å². The van der Waals surface area contributed by atoms with Crippen LogP contribution in [-0.2, 0) is 14.8 Å². The van der Waals surface area contributed by atoms with E-state index in [9.17, 15) is 8.42 Å². The van der Waals surface area contributed by atoms with E-state index in [1.165, 1.54) is 7.11 Å². The summed E-state index contributed by atoms with van der Waals surface area (Å²) in [5.74, 6) is -0.293. The largest absolute Gasteiger partial charge is 0.386 e. The predicted octanol–water partition coefficient (Wildman–Crippen LogP) is 0.620. The van der Waals surface area contributed by atoms with E-state index >= 15 is 0 Å². The molecule has 0 saturated carbocycles. The Kier molecular flexibility index (Phi) is 5.94. The number of rotatable bonds is 8. The van der Waals surface area contributed by atoms with E-state index in [4.69, 9.17) is 15.9 Å². The molecule has 1 aromatic carbocycles. The number of hydrogen-bond acceptors (Lipinski definition) is 4. The molecule has 0 amide bonds. The van der Waals surface area contributed by atoms with Crippen molar-refractivity contribution >= 4 is 15.9 Å². The lowest BCUT2D eigenvalue weighted by Crippen LogP contribution is -2.38. The molecular formula is C12H19N3O3S. The molecule has 19 heavy (non-hydrogen) atoms. The molecule has 1 rings (SSSR count). The fraction of sp³-hybridized carbons (Fsp3) is 0.417. The lowest BCUT2D eigenvalue weighted by molar-refractivity contribution is 0.199. The van der Waals surface area contributed by atoms with Gasteiger partial charge < -0.3 is 10.5 Å². The highest BCUT2D eigenvalue weighted by molar-refractivity contribution is 7.89. The summed E-state index contributed by atoms with van der Waals surface area (Å²) in [6, 6.07) is 7.98. The average molecular weight is 285 g/mol. The van der Waals surface area contributed by atoms with Crippen LogP contribution in [0.4, 0.5) is 0 Å². The van der Waals surface area contributed by atoms with Crippen LogP contribution in [-0.4, -0.2) is 33.7 Å². The maximum absolute atomic E-state index is 11.9. The molecule has 0 saturated heterocycles. The van der Waals surface area contributed by atoms with Crippen LogP contribution in [0.25, 0.3) is 0 Å². The molecule has 0 aliphatic rings. The summed E-state index contributed by atoms with van der Waals surface area (Å²) in [7, 11) is -1.98. The maximum Gasteiger partial charge on any atom is 0.212 e. The SMILES string of the molecule is COCCCS(=O)(=O)NC(C(=N)N)c1ccccc1. The maximum atomic E-state index is 11.9. The van der Waals surface area contributed by atoms with Crippen LogP contribution < -0.4 is 10.5 Å². The van der Waals surface area contributed by atoms with Crippen LogP contribution in [0, 0.1) is 5.41 Å². The van der Waals surface area contributed by atoms with Crippen molar-refractivity contribution in [1.82, 2.24) is 4.72 Å². The minimum Gasteiger partial charge on any atom is -0.386 e. The minimum atomic E-state index is -3.50. The summed E-state index contributed by atoms with van der Waals surface area (Å²) >= 11 is 0. The van der Waals surface area contributed by atoms with Gasteiger partial charge in [-0.25, -0.2) is 13.1 Å². The topological polar surface area (TPSA) is 105 Å². The van der Waals surface area contributed by atoms with Gasteiger partial charge in [0.15, 0.2) is 0 Å². The summed E-state index contributed by atoms with van der Waals surface area (Å²) in [5, 5.41) is 7.51. The average Bonchev–Trinajstić information content (AvgIpc) is 2.37. The molecule has 0 bridgehead atoms. The Morgan fingerprint density at radius 2 is 2.05 bits per heavy atom. The molecule has 0 spiro atoms. The van der Waals surface area contributed by atoms with Crippen molar-refractivity contribution in [1.29, 1.82) is 5.41 Å². The van der Waals surface area contributed by atoms with E-state index in [-0.39, 0.29) is 11.6 Å². The normalized spacial score (nSPS) is 13.1. The molecule has 4 N–H and O–H groups in total. The molecule has 1 aromatic rings. The van der Waals surface area contributed by atoms with E-state index in [1.807, 2.05) is 6.07 Å². The fourth-order valence-corrected chi connectivity index (χ4v) is 2.83. The Morgan fingerprint density at radius 3 is 2.58 bits per heavy atom. The first-order valence-electron chi connectivity index (χ1n) is 5.84. The van der Waals surface area contributed by atoms with Gasteiger partial charge in [-0.2, -0.15) is 0 Å². The summed E-state index contributed by atoms with van der Waals surface area (Å²) < 4.78 is 31.0. The quantitative estimate of drug-likeness (QED) is 0.370. The highest BCUT2D eigenvalue weighted by atomic mass is 32.2. The molecule has 1 atom stereocenters. The summed E-state index contributed by atoms with van der Waals surface area (Å²) in [6.45, 7) is 0.372. The first-order valence-corrected chi connectivity index (χ1v) is 7.49. The van der Waals surface area contributed by atoms with E-state index in [1.54, 1.807) is 24.3 Å². The molecule has 7 heteroatoms. The van der Waals surface area contributed by atoms with Gasteiger partial charge in [0, 0.05) is 13.7 Å².